The fraction of sp³-hybridized carbons (Fsp3) is 0.200. The topological polar surface area (TPSA) is 80.1 Å². The lowest BCUT2D eigenvalue weighted by Gasteiger charge is -2.43. The molecule has 3 aromatic rings. The van der Waals surface area contributed by atoms with Gasteiger partial charge in [-0.2, -0.15) is 5.10 Å². The summed E-state index contributed by atoms with van der Waals surface area (Å²) in [6.07, 6.45) is 7.55. The third-order valence-electron chi connectivity index (χ3n) is 5.47. The Morgan fingerprint density at radius 2 is 1.89 bits per heavy atom. The molecule has 7 nitrogen and oxygen atoms in total. The van der Waals surface area contributed by atoms with Crippen molar-refractivity contribution < 1.29 is 9.59 Å². The Morgan fingerprint density at radius 1 is 1.07 bits per heavy atom. The molecular formula is C20H16ClN5O2. The van der Waals surface area contributed by atoms with Crippen molar-refractivity contribution in [1.29, 1.82) is 0 Å². The van der Waals surface area contributed by atoms with E-state index < -0.39 is 11.6 Å². The number of imide groups is 1. The summed E-state index contributed by atoms with van der Waals surface area (Å²) in [4.78, 5) is 31.3. The van der Waals surface area contributed by atoms with E-state index >= 15 is 0 Å². The molecule has 0 atom stereocenters. The van der Waals surface area contributed by atoms with Crippen molar-refractivity contribution >= 4 is 29.2 Å². The highest BCUT2D eigenvalue weighted by Gasteiger charge is 2.59. The summed E-state index contributed by atoms with van der Waals surface area (Å²) in [5, 5.41) is 7.78. The van der Waals surface area contributed by atoms with Crippen LogP contribution >= 0.6 is 11.6 Å². The van der Waals surface area contributed by atoms with Crippen molar-refractivity contribution in [3.63, 3.8) is 0 Å². The first-order chi connectivity index (χ1) is 13.6. The second-order valence-corrected chi connectivity index (χ2v) is 7.50. The molecule has 28 heavy (non-hydrogen) atoms. The lowest BCUT2D eigenvalue weighted by molar-refractivity contribution is -0.125. The van der Waals surface area contributed by atoms with Crippen LogP contribution in [0.4, 0.5) is 10.5 Å². The second-order valence-electron chi connectivity index (χ2n) is 7.09. The maximum Gasteiger partial charge on any atom is 0.329 e. The molecule has 0 radical (unpaired) electrons. The number of hydrogen-bond acceptors (Lipinski definition) is 4. The second kappa shape index (κ2) is 6.17. The molecule has 0 unspecified atom stereocenters. The van der Waals surface area contributed by atoms with Gasteiger partial charge in [0.05, 0.1) is 17.6 Å². The van der Waals surface area contributed by atoms with Gasteiger partial charge >= 0.3 is 6.03 Å². The van der Waals surface area contributed by atoms with Gasteiger partial charge in [0.1, 0.15) is 5.54 Å². The predicted molar refractivity (Wildman–Crippen MR) is 104 cm³/mol. The van der Waals surface area contributed by atoms with Crippen LogP contribution < -0.4 is 10.2 Å². The Kier molecular flexibility index (Phi) is 3.73. The fourth-order valence-electron chi connectivity index (χ4n) is 4.08. The number of aromatic nitrogens is 3. The zero-order valence-electron chi connectivity index (χ0n) is 14.7. The molecule has 3 heterocycles. The van der Waals surface area contributed by atoms with Crippen molar-refractivity contribution in [2.75, 3.05) is 4.90 Å². The average molecular weight is 394 g/mol. The SMILES string of the molecule is O=C1NC2(CC(c3ccccc3Cl)C2)C(=O)N1c1cnccc1-n1cccn1. The van der Waals surface area contributed by atoms with Gasteiger partial charge in [-0.1, -0.05) is 29.8 Å². The molecular weight excluding hydrogens is 378 g/mol. The molecule has 1 saturated heterocycles. The zero-order valence-corrected chi connectivity index (χ0v) is 15.5. The summed E-state index contributed by atoms with van der Waals surface area (Å²) in [5.74, 6) is -0.125. The summed E-state index contributed by atoms with van der Waals surface area (Å²) >= 11 is 6.29. The lowest BCUT2D eigenvalue weighted by Crippen LogP contribution is -2.56. The van der Waals surface area contributed by atoms with Gasteiger partial charge in [0.15, 0.2) is 0 Å². The van der Waals surface area contributed by atoms with Crippen LogP contribution in [0.1, 0.15) is 24.3 Å². The summed E-state index contributed by atoms with van der Waals surface area (Å²) in [6.45, 7) is 0. The first-order valence-corrected chi connectivity index (χ1v) is 9.32. The number of carbonyl (C=O) groups excluding carboxylic acids is 2. The number of nitrogens with one attached hydrogen (secondary N) is 1. The van der Waals surface area contributed by atoms with Gasteiger partial charge in [0.2, 0.25) is 0 Å². The number of pyridine rings is 1. The quantitative estimate of drug-likeness (QED) is 0.692. The first-order valence-electron chi connectivity index (χ1n) is 8.94. The number of hydrogen-bond donors (Lipinski definition) is 1. The Morgan fingerprint density at radius 3 is 2.64 bits per heavy atom. The van der Waals surface area contributed by atoms with Crippen molar-refractivity contribution in [3.8, 4) is 5.69 Å². The van der Waals surface area contributed by atoms with E-state index in [4.69, 9.17) is 11.6 Å². The minimum absolute atomic E-state index is 0.136. The molecule has 5 rings (SSSR count). The van der Waals surface area contributed by atoms with Crippen LogP contribution in [0.15, 0.2) is 61.2 Å². The molecule has 0 bridgehead atoms. The molecule has 140 valence electrons. The Bertz CT molecular complexity index is 1080. The smallest absolute Gasteiger partial charge is 0.323 e. The lowest BCUT2D eigenvalue weighted by atomic mass is 9.65. The largest absolute Gasteiger partial charge is 0.329 e. The van der Waals surface area contributed by atoms with Gasteiger partial charge in [-0.15, -0.1) is 0 Å². The highest BCUT2D eigenvalue weighted by atomic mass is 35.5. The van der Waals surface area contributed by atoms with Gasteiger partial charge in [-0.3, -0.25) is 9.78 Å². The van der Waals surface area contributed by atoms with Crippen molar-refractivity contribution in [2.45, 2.75) is 24.3 Å². The van der Waals surface area contributed by atoms with E-state index in [9.17, 15) is 9.59 Å². The van der Waals surface area contributed by atoms with Crippen LogP contribution in [0.3, 0.4) is 0 Å². The van der Waals surface area contributed by atoms with Gasteiger partial charge in [-0.25, -0.2) is 14.4 Å². The van der Waals surface area contributed by atoms with Gasteiger partial charge < -0.3 is 5.32 Å². The number of carbonyl (C=O) groups is 2. The molecule has 3 amide bonds. The van der Waals surface area contributed by atoms with E-state index in [0.717, 1.165) is 5.56 Å². The van der Waals surface area contributed by atoms with Gasteiger partial charge in [-0.05, 0) is 42.5 Å². The Balaban J connectivity index is 1.45. The zero-order chi connectivity index (χ0) is 19.3. The van der Waals surface area contributed by atoms with E-state index in [1.54, 1.807) is 35.4 Å². The predicted octanol–water partition coefficient (Wildman–Crippen LogP) is 3.29. The summed E-state index contributed by atoms with van der Waals surface area (Å²) in [7, 11) is 0. The molecule has 1 aromatic carbocycles. The summed E-state index contributed by atoms with van der Waals surface area (Å²) in [6, 6.07) is 10.7. The Hall–Kier alpha value is -3.19. The highest BCUT2D eigenvalue weighted by molar-refractivity contribution is 6.31. The number of rotatable bonds is 3. The molecule has 1 saturated carbocycles. The van der Waals surface area contributed by atoms with E-state index in [-0.39, 0.29) is 11.8 Å². The highest BCUT2D eigenvalue weighted by Crippen LogP contribution is 2.50. The standard InChI is InChI=1S/C20H16ClN5O2/c21-15-5-2-1-4-14(15)13-10-20(11-13)18(27)26(19(28)24-20)17-12-22-8-6-16(17)25-9-3-7-23-25/h1-9,12-13H,10-11H2,(H,24,28). The van der Waals surface area contributed by atoms with Crippen molar-refractivity contribution in [3.05, 3.63) is 71.8 Å². The number of nitrogens with zero attached hydrogens (tertiary/aromatic N) is 4. The van der Waals surface area contributed by atoms with Crippen LogP contribution in [-0.4, -0.2) is 32.2 Å². The molecule has 2 aliphatic rings. The fourth-order valence-corrected chi connectivity index (χ4v) is 4.37. The molecule has 8 heteroatoms. The van der Waals surface area contributed by atoms with E-state index in [2.05, 4.69) is 15.4 Å². The minimum atomic E-state index is -0.891. The van der Waals surface area contributed by atoms with Crippen LogP contribution in [-0.2, 0) is 4.79 Å². The number of benzene rings is 1. The third-order valence-corrected chi connectivity index (χ3v) is 5.81. The van der Waals surface area contributed by atoms with Crippen LogP contribution in [0.2, 0.25) is 5.02 Å². The van der Waals surface area contributed by atoms with Gasteiger partial charge in [0, 0.05) is 23.6 Å². The normalized spacial score (nSPS) is 23.8. The van der Waals surface area contributed by atoms with Crippen LogP contribution in [0.25, 0.3) is 5.69 Å². The van der Waals surface area contributed by atoms with E-state index in [1.165, 1.54) is 11.1 Å². The number of halogens is 1. The molecule has 1 spiro atoms. The summed E-state index contributed by atoms with van der Waals surface area (Å²) in [5.41, 5.74) is 1.14. The maximum absolute atomic E-state index is 13.3. The molecule has 2 aromatic heterocycles. The molecule has 1 aliphatic carbocycles. The Labute approximate surface area is 165 Å². The van der Waals surface area contributed by atoms with Gasteiger partial charge in [0.25, 0.3) is 5.91 Å². The molecule has 2 fully saturated rings. The van der Waals surface area contributed by atoms with E-state index in [0.29, 0.717) is 29.2 Å². The van der Waals surface area contributed by atoms with Crippen molar-refractivity contribution in [2.24, 2.45) is 0 Å². The number of anilines is 1. The average Bonchev–Trinajstić information content (AvgIpc) is 3.28. The van der Waals surface area contributed by atoms with E-state index in [1.807, 2.05) is 24.3 Å². The minimum Gasteiger partial charge on any atom is -0.323 e. The maximum atomic E-state index is 13.3. The monoisotopic (exact) mass is 393 g/mol. The number of urea groups is 1. The molecule has 1 N–H and O–H groups in total. The van der Waals surface area contributed by atoms with Crippen LogP contribution in [0.5, 0.6) is 0 Å². The third kappa shape index (κ3) is 2.43. The number of amides is 3. The van der Waals surface area contributed by atoms with Crippen molar-refractivity contribution in [1.82, 2.24) is 20.1 Å². The molecule has 1 aliphatic heterocycles. The first kappa shape index (κ1) is 16.9. The van der Waals surface area contributed by atoms with Crippen LogP contribution in [0, 0.1) is 0 Å². The summed E-state index contributed by atoms with van der Waals surface area (Å²) < 4.78 is 1.61.